The Balaban J connectivity index is 2.36. The molecule has 0 aliphatic heterocycles. The van der Waals surface area contributed by atoms with Crippen LogP contribution in [0.25, 0.3) is 0 Å². The van der Waals surface area contributed by atoms with Crippen molar-refractivity contribution in [1.29, 1.82) is 0 Å². The van der Waals surface area contributed by atoms with Gasteiger partial charge in [-0.3, -0.25) is 9.48 Å². The Bertz CT molecular complexity index is 527. The SMILES string of the molecule is Cc1cc[nH]c(=O)c1Oc1cnn(C)c1. The van der Waals surface area contributed by atoms with Gasteiger partial charge in [-0.2, -0.15) is 5.10 Å². The minimum absolute atomic E-state index is 0.237. The predicted octanol–water partition coefficient (Wildman–Crippen LogP) is 1.21. The van der Waals surface area contributed by atoms with Crippen LogP contribution >= 0.6 is 0 Å². The molecule has 0 aliphatic carbocycles. The fourth-order valence-corrected chi connectivity index (χ4v) is 1.26. The molecule has 0 spiro atoms. The molecule has 0 fully saturated rings. The first-order valence-corrected chi connectivity index (χ1v) is 4.51. The fourth-order valence-electron chi connectivity index (χ4n) is 1.26. The van der Waals surface area contributed by atoms with Gasteiger partial charge in [0.25, 0.3) is 5.56 Å². The van der Waals surface area contributed by atoms with Gasteiger partial charge in [-0.15, -0.1) is 0 Å². The van der Waals surface area contributed by atoms with Gasteiger partial charge in [0.2, 0.25) is 0 Å². The minimum Gasteiger partial charge on any atom is -0.448 e. The van der Waals surface area contributed by atoms with E-state index >= 15 is 0 Å². The topological polar surface area (TPSA) is 59.9 Å². The summed E-state index contributed by atoms with van der Waals surface area (Å²) >= 11 is 0. The zero-order valence-corrected chi connectivity index (χ0v) is 8.52. The molecule has 2 aromatic rings. The normalized spacial score (nSPS) is 10.3. The Kier molecular flexibility index (Phi) is 2.29. The van der Waals surface area contributed by atoms with Gasteiger partial charge >= 0.3 is 0 Å². The molecule has 5 nitrogen and oxygen atoms in total. The van der Waals surface area contributed by atoms with Crippen molar-refractivity contribution in [3.63, 3.8) is 0 Å². The van der Waals surface area contributed by atoms with E-state index < -0.39 is 0 Å². The number of pyridine rings is 1. The summed E-state index contributed by atoms with van der Waals surface area (Å²) in [5.74, 6) is 0.864. The lowest BCUT2D eigenvalue weighted by molar-refractivity contribution is 0.470. The molecule has 1 N–H and O–H groups in total. The standard InChI is InChI=1S/C10H11N3O2/c1-7-3-4-11-10(14)9(7)15-8-5-12-13(2)6-8/h3-6H,1-2H3,(H,11,14). The van der Waals surface area contributed by atoms with Crippen LogP contribution in [0.4, 0.5) is 0 Å². The van der Waals surface area contributed by atoms with E-state index in [2.05, 4.69) is 10.1 Å². The van der Waals surface area contributed by atoms with Crippen LogP contribution in [0.2, 0.25) is 0 Å². The molecular weight excluding hydrogens is 194 g/mol. The van der Waals surface area contributed by atoms with Crippen LogP contribution in [0.1, 0.15) is 5.56 Å². The number of rotatable bonds is 2. The van der Waals surface area contributed by atoms with Crippen molar-refractivity contribution in [1.82, 2.24) is 14.8 Å². The quantitative estimate of drug-likeness (QED) is 0.801. The van der Waals surface area contributed by atoms with E-state index in [-0.39, 0.29) is 5.56 Å². The number of hydrogen-bond donors (Lipinski definition) is 1. The monoisotopic (exact) mass is 205 g/mol. The molecule has 0 atom stereocenters. The zero-order chi connectivity index (χ0) is 10.8. The Morgan fingerprint density at radius 1 is 1.53 bits per heavy atom. The second-order valence-electron chi connectivity index (χ2n) is 3.27. The molecule has 2 aromatic heterocycles. The van der Waals surface area contributed by atoms with Crippen molar-refractivity contribution in [2.45, 2.75) is 6.92 Å². The summed E-state index contributed by atoms with van der Waals surface area (Å²) in [5, 5.41) is 3.95. The highest BCUT2D eigenvalue weighted by Crippen LogP contribution is 2.19. The highest BCUT2D eigenvalue weighted by molar-refractivity contribution is 5.32. The van der Waals surface area contributed by atoms with Gasteiger partial charge in [0.1, 0.15) is 0 Å². The molecule has 0 aromatic carbocycles. The first-order chi connectivity index (χ1) is 7.16. The van der Waals surface area contributed by atoms with Crippen LogP contribution in [0, 0.1) is 6.92 Å². The maximum absolute atomic E-state index is 11.4. The summed E-state index contributed by atoms with van der Waals surface area (Å²) in [6, 6.07) is 1.78. The number of hydrogen-bond acceptors (Lipinski definition) is 3. The van der Waals surface area contributed by atoms with Crippen molar-refractivity contribution in [3.8, 4) is 11.5 Å². The third kappa shape index (κ3) is 1.90. The molecule has 2 rings (SSSR count). The summed E-state index contributed by atoms with van der Waals surface area (Å²) in [7, 11) is 1.79. The second kappa shape index (κ2) is 3.61. The Hall–Kier alpha value is -2.04. The molecule has 0 bridgehead atoms. The average Bonchev–Trinajstić information content (AvgIpc) is 2.58. The lowest BCUT2D eigenvalue weighted by Crippen LogP contribution is -2.08. The largest absolute Gasteiger partial charge is 0.448 e. The molecule has 15 heavy (non-hydrogen) atoms. The molecule has 0 amide bonds. The summed E-state index contributed by atoms with van der Waals surface area (Å²) in [6.45, 7) is 1.82. The van der Waals surface area contributed by atoms with Crippen LogP contribution in [0.15, 0.2) is 29.5 Å². The van der Waals surface area contributed by atoms with E-state index in [1.165, 1.54) is 0 Å². The van der Waals surface area contributed by atoms with Crippen LogP contribution in [0.5, 0.6) is 11.5 Å². The molecule has 78 valence electrons. The van der Waals surface area contributed by atoms with Gasteiger partial charge in [0, 0.05) is 13.2 Å². The third-order valence-electron chi connectivity index (χ3n) is 2.01. The molecule has 0 aliphatic rings. The van der Waals surface area contributed by atoms with Crippen LogP contribution in [-0.4, -0.2) is 14.8 Å². The highest BCUT2D eigenvalue weighted by atomic mass is 16.5. The molecule has 0 saturated carbocycles. The maximum atomic E-state index is 11.4. The highest BCUT2D eigenvalue weighted by Gasteiger charge is 2.06. The summed E-state index contributed by atoms with van der Waals surface area (Å²) < 4.78 is 7.05. The first kappa shape index (κ1) is 9.51. The van der Waals surface area contributed by atoms with E-state index in [1.54, 1.807) is 36.4 Å². The Morgan fingerprint density at radius 2 is 2.33 bits per heavy atom. The number of nitrogens with one attached hydrogen (secondary N) is 1. The smallest absolute Gasteiger partial charge is 0.291 e. The van der Waals surface area contributed by atoms with Crippen molar-refractivity contribution in [2.24, 2.45) is 7.05 Å². The zero-order valence-electron chi connectivity index (χ0n) is 8.52. The predicted molar refractivity (Wildman–Crippen MR) is 55.1 cm³/mol. The van der Waals surface area contributed by atoms with Crippen molar-refractivity contribution in [2.75, 3.05) is 0 Å². The summed E-state index contributed by atoms with van der Waals surface area (Å²) in [4.78, 5) is 14.0. The van der Waals surface area contributed by atoms with Gasteiger partial charge in [-0.1, -0.05) is 0 Å². The van der Waals surface area contributed by atoms with E-state index in [0.717, 1.165) is 5.56 Å². The van der Waals surface area contributed by atoms with Gasteiger partial charge in [-0.05, 0) is 18.6 Å². The lowest BCUT2D eigenvalue weighted by Gasteiger charge is -2.03. The fraction of sp³-hybridized carbons (Fsp3) is 0.200. The van der Waals surface area contributed by atoms with Gasteiger partial charge < -0.3 is 9.72 Å². The van der Waals surface area contributed by atoms with E-state index in [0.29, 0.717) is 11.5 Å². The number of aromatic nitrogens is 3. The van der Waals surface area contributed by atoms with Crippen molar-refractivity contribution >= 4 is 0 Å². The van der Waals surface area contributed by atoms with E-state index in [1.807, 2.05) is 6.92 Å². The number of aryl methyl sites for hydroxylation is 2. The number of nitrogens with zero attached hydrogens (tertiary/aromatic N) is 2. The molecule has 2 heterocycles. The van der Waals surface area contributed by atoms with Gasteiger partial charge in [0.15, 0.2) is 11.5 Å². The van der Waals surface area contributed by atoms with Crippen LogP contribution in [0.3, 0.4) is 0 Å². The summed E-state index contributed by atoms with van der Waals surface area (Å²) in [5.41, 5.74) is 0.557. The lowest BCUT2D eigenvalue weighted by atomic mass is 10.3. The number of ether oxygens (including phenoxy) is 1. The van der Waals surface area contributed by atoms with Crippen molar-refractivity contribution in [3.05, 3.63) is 40.6 Å². The van der Waals surface area contributed by atoms with Crippen LogP contribution < -0.4 is 10.3 Å². The van der Waals surface area contributed by atoms with Gasteiger partial charge in [-0.25, -0.2) is 0 Å². The third-order valence-corrected chi connectivity index (χ3v) is 2.01. The minimum atomic E-state index is -0.237. The number of aromatic amines is 1. The van der Waals surface area contributed by atoms with Crippen LogP contribution in [-0.2, 0) is 7.05 Å². The average molecular weight is 205 g/mol. The van der Waals surface area contributed by atoms with E-state index in [4.69, 9.17) is 4.74 Å². The van der Waals surface area contributed by atoms with Crippen molar-refractivity contribution < 1.29 is 4.74 Å². The molecule has 5 heteroatoms. The number of H-pyrrole nitrogens is 1. The van der Waals surface area contributed by atoms with Gasteiger partial charge in [0.05, 0.1) is 12.4 Å². The Morgan fingerprint density at radius 3 is 2.93 bits per heavy atom. The summed E-state index contributed by atoms with van der Waals surface area (Å²) in [6.07, 6.45) is 4.85. The molecule has 0 unspecified atom stereocenters. The second-order valence-corrected chi connectivity index (χ2v) is 3.27. The first-order valence-electron chi connectivity index (χ1n) is 4.51. The molecule has 0 radical (unpaired) electrons. The molecule has 0 saturated heterocycles. The molecular formula is C10H11N3O2. The van der Waals surface area contributed by atoms with E-state index in [9.17, 15) is 4.79 Å². The maximum Gasteiger partial charge on any atom is 0.291 e. The Labute approximate surface area is 86.3 Å².